The lowest BCUT2D eigenvalue weighted by Crippen LogP contribution is -2.24. The highest BCUT2D eigenvalue weighted by molar-refractivity contribution is 5.42. The number of hydrogen-bond donors (Lipinski definition) is 6. The van der Waals surface area contributed by atoms with E-state index in [1.165, 1.54) is 0 Å². The minimum absolute atomic E-state index is 0.139. The van der Waals surface area contributed by atoms with Crippen LogP contribution < -0.4 is 21.7 Å². The minimum atomic E-state index is -0.885. The summed E-state index contributed by atoms with van der Waals surface area (Å²) in [5.74, 6) is 1.15. The Bertz CT molecular complexity index is 496. The molecule has 1 atom stereocenters. The molecule has 0 aliphatic rings. The number of unbranched alkanes of at least 4 members (excludes halogenated alkanes) is 1. The third-order valence-corrected chi connectivity index (χ3v) is 3.32. The summed E-state index contributed by atoms with van der Waals surface area (Å²) in [5, 5.41) is 27.5. The summed E-state index contributed by atoms with van der Waals surface area (Å²) >= 11 is 0. The van der Waals surface area contributed by atoms with Crippen LogP contribution in [-0.4, -0.2) is 90.5 Å². The monoisotopic (exact) mass is 387 g/mol. The van der Waals surface area contributed by atoms with Crippen molar-refractivity contribution in [1.82, 2.24) is 15.0 Å². The molecule has 1 aromatic heterocycles. The van der Waals surface area contributed by atoms with Crippen LogP contribution in [0.2, 0.25) is 0 Å². The summed E-state index contributed by atoms with van der Waals surface area (Å²) in [6, 6.07) is 0. The minimum Gasteiger partial charge on any atom is -0.394 e. The molecule has 0 fully saturated rings. The summed E-state index contributed by atoms with van der Waals surface area (Å²) in [7, 11) is 0. The molecule has 27 heavy (non-hydrogen) atoms. The van der Waals surface area contributed by atoms with Crippen LogP contribution in [0.25, 0.3) is 0 Å². The number of rotatable bonds is 17. The van der Waals surface area contributed by atoms with Crippen LogP contribution in [0.1, 0.15) is 19.8 Å². The third-order valence-electron chi connectivity index (χ3n) is 3.32. The number of nitrogens with one attached hydrogen (secondary N) is 3. The summed E-state index contributed by atoms with van der Waals surface area (Å²) in [5.41, 5.74) is 5.33. The lowest BCUT2D eigenvalue weighted by Gasteiger charge is -2.12. The van der Waals surface area contributed by atoms with Gasteiger partial charge in [-0.25, -0.2) is 0 Å². The van der Waals surface area contributed by atoms with Crippen molar-refractivity contribution < 1.29 is 19.7 Å². The van der Waals surface area contributed by atoms with Crippen molar-refractivity contribution in [3.05, 3.63) is 0 Å². The van der Waals surface area contributed by atoms with Crippen molar-refractivity contribution in [3.8, 4) is 0 Å². The largest absolute Gasteiger partial charge is 0.394 e. The third kappa shape index (κ3) is 11.5. The normalized spacial score (nSPS) is 12.0. The summed E-state index contributed by atoms with van der Waals surface area (Å²) in [4.78, 5) is 12.8. The fourth-order valence-corrected chi connectivity index (χ4v) is 1.90. The first-order chi connectivity index (χ1) is 13.2. The van der Waals surface area contributed by atoms with Crippen molar-refractivity contribution in [2.45, 2.75) is 25.9 Å². The Morgan fingerprint density at radius 1 is 0.926 bits per heavy atom. The van der Waals surface area contributed by atoms with Gasteiger partial charge in [0.2, 0.25) is 17.8 Å². The zero-order valence-electron chi connectivity index (χ0n) is 16.0. The smallest absolute Gasteiger partial charge is 0.229 e. The van der Waals surface area contributed by atoms with Gasteiger partial charge in [0.15, 0.2) is 0 Å². The summed E-state index contributed by atoms with van der Waals surface area (Å²) in [6.45, 7) is 5.69. The van der Waals surface area contributed by atoms with Crippen LogP contribution in [-0.2, 0) is 9.47 Å². The fourth-order valence-electron chi connectivity index (χ4n) is 1.90. The van der Waals surface area contributed by atoms with Gasteiger partial charge in [-0.3, -0.25) is 0 Å². The molecular formula is C16H33N7O4. The first-order valence-corrected chi connectivity index (χ1v) is 9.31. The van der Waals surface area contributed by atoms with Gasteiger partial charge in [0.25, 0.3) is 0 Å². The molecule has 0 aliphatic carbocycles. The molecule has 1 aromatic rings. The maximum absolute atomic E-state index is 9.46. The van der Waals surface area contributed by atoms with E-state index >= 15 is 0 Å². The van der Waals surface area contributed by atoms with Crippen LogP contribution in [0.15, 0.2) is 0 Å². The van der Waals surface area contributed by atoms with E-state index in [0.717, 1.165) is 19.4 Å². The number of nitrogens with zero attached hydrogens (tertiary/aromatic N) is 3. The lowest BCUT2D eigenvalue weighted by atomic mass is 10.3. The van der Waals surface area contributed by atoms with Gasteiger partial charge in [-0.1, -0.05) is 13.3 Å². The SMILES string of the molecule is CCCCNc1nc(NCCOCCOCCN)nc(NCC(O)CO)n1. The number of nitrogens with two attached hydrogens (primary N) is 1. The average Bonchev–Trinajstić information content (AvgIpc) is 2.68. The maximum Gasteiger partial charge on any atom is 0.229 e. The topological polar surface area (TPSA) is 160 Å². The van der Waals surface area contributed by atoms with Gasteiger partial charge < -0.3 is 41.4 Å². The van der Waals surface area contributed by atoms with E-state index in [1.54, 1.807) is 0 Å². The molecule has 0 spiro atoms. The molecule has 0 aliphatic heterocycles. The molecule has 0 aromatic carbocycles. The van der Waals surface area contributed by atoms with Crippen LogP contribution in [0, 0.1) is 0 Å². The fraction of sp³-hybridized carbons (Fsp3) is 0.812. The van der Waals surface area contributed by atoms with E-state index in [1.807, 2.05) is 0 Å². The molecule has 156 valence electrons. The van der Waals surface area contributed by atoms with Crippen molar-refractivity contribution in [2.24, 2.45) is 5.73 Å². The van der Waals surface area contributed by atoms with Crippen LogP contribution in [0.5, 0.6) is 0 Å². The molecule has 0 saturated carbocycles. The van der Waals surface area contributed by atoms with Crippen LogP contribution >= 0.6 is 0 Å². The molecule has 11 nitrogen and oxygen atoms in total. The number of aliphatic hydroxyl groups excluding tert-OH is 2. The van der Waals surface area contributed by atoms with E-state index in [9.17, 15) is 5.11 Å². The Morgan fingerprint density at radius 2 is 1.52 bits per heavy atom. The molecule has 1 unspecified atom stereocenters. The Morgan fingerprint density at radius 3 is 2.11 bits per heavy atom. The van der Waals surface area contributed by atoms with Crippen molar-refractivity contribution in [2.75, 3.05) is 75.2 Å². The second-order valence-electron chi connectivity index (χ2n) is 5.74. The molecule has 0 amide bonds. The highest BCUT2D eigenvalue weighted by atomic mass is 16.5. The zero-order chi connectivity index (χ0) is 19.7. The second-order valence-corrected chi connectivity index (χ2v) is 5.74. The molecule has 11 heteroatoms. The van der Waals surface area contributed by atoms with Gasteiger partial charge in [-0.2, -0.15) is 15.0 Å². The average molecular weight is 387 g/mol. The number of aromatic nitrogens is 3. The number of hydrogen-bond acceptors (Lipinski definition) is 11. The van der Waals surface area contributed by atoms with Gasteiger partial charge in [0.05, 0.1) is 39.1 Å². The first-order valence-electron chi connectivity index (χ1n) is 9.31. The molecule has 0 saturated heterocycles. The highest BCUT2D eigenvalue weighted by Gasteiger charge is 2.08. The van der Waals surface area contributed by atoms with Gasteiger partial charge in [0, 0.05) is 26.2 Å². The summed E-state index contributed by atoms with van der Waals surface area (Å²) < 4.78 is 10.7. The first kappa shape index (κ1) is 23.2. The van der Waals surface area contributed by atoms with Gasteiger partial charge in [0.1, 0.15) is 0 Å². The Kier molecular flexibility index (Phi) is 13.2. The van der Waals surface area contributed by atoms with E-state index < -0.39 is 6.10 Å². The number of ether oxygens (including phenoxy) is 2. The standard InChI is InChI=1S/C16H33N7O4/c1-2-3-5-18-14-21-15(19-6-8-27-10-9-26-7-4-17)23-16(22-14)20-11-13(25)12-24/h13,24-25H,2-12,17H2,1H3,(H3,18,19,20,21,22,23). The highest BCUT2D eigenvalue weighted by Crippen LogP contribution is 2.09. The van der Waals surface area contributed by atoms with Crippen molar-refractivity contribution in [1.29, 1.82) is 0 Å². The molecule has 0 radical (unpaired) electrons. The van der Waals surface area contributed by atoms with Crippen molar-refractivity contribution >= 4 is 17.8 Å². The van der Waals surface area contributed by atoms with E-state index in [4.69, 9.17) is 20.3 Å². The van der Waals surface area contributed by atoms with Crippen LogP contribution in [0.3, 0.4) is 0 Å². The molecule has 1 heterocycles. The zero-order valence-corrected chi connectivity index (χ0v) is 16.0. The van der Waals surface area contributed by atoms with E-state index in [-0.39, 0.29) is 13.2 Å². The van der Waals surface area contributed by atoms with E-state index in [2.05, 4.69) is 37.8 Å². The molecular weight excluding hydrogens is 354 g/mol. The molecule has 7 N–H and O–H groups in total. The van der Waals surface area contributed by atoms with Gasteiger partial charge in [-0.05, 0) is 6.42 Å². The predicted molar refractivity (Wildman–Crippen MR) is 104 cm³/mol. The maximum atomic E-state index is 9.46. The van der Waals surface area contributed by atoms with Gasteiger partial charge in [-0.15, -0.1) is 0 Å². The Balaban J connectivity index is 2.47. The van der Waals surface area contributed by atoms with Gasteiger partial charge >= 0.3 is 0 Å². The van der Waals surface area contributed by atoms with E-state index in [0.29, 0.717) is 57.4 Å². The van der Waals surface area contributed by atoms with Crippen molar-refractivity contribution in [3.63, 3.8) is 0 Å². The molecule has 1 rings (SSSR count). The summed E-state index contributed by atoms with van der Waals surface area (Å²) in [6.07, 6.45) is 1.17. The number of aliphatic hydroxyl groups is 2. The van der Waals surface area contributed by atoms with Crippen LogP contribution in [0.4, 0.5) is 17.8 Å². The predicted octanol–water partition coefficient (Wildman–Crippen LogP) is -0.747. The second kappa shape index (κ2) is 15.3. The lowest BCUT2D eigenvalue weighted by molar-refractivity contribution is 0.0547. The quantitative estimate of drug-likeness (QED) is 0.187. The molecule has 0 bridgehead atoms. The Labute approximate surface area is 160 Å². The Hall–Kier alpha value is -1.79. The number of anilines is 3.